The van der Waals surface area contributed by atoms with E-state index >= 15 is 0 Å². The van der Waals surface area contributed by atoms with Gasteiger partial charge in [-0.3, -0.25) is 0 Å². The zero-order chi connectivity index (χ0) is 3.58. The molecule has 0 N–H and O–H groups in total. The molecule has 0 saturated carbocycles. The van der Waals surface area contributed by atoms with Crippen LogP contribution < -0.4 is 0 Å². The average molecular weight is 149 g/mol. The van der Waals surface area contributed by atoms with Crippen LogP contribution in [0.1, 0.15) is 13.8 Å². The molecule has 0 aromatic carbocycles. The van der Waals surface area contributed by atoms with Crippen LogP contribution in [0.25, 0.3) is 0 Å². The Balaban J connectivity index is -0.0000000150. The van der Waals surface area contributed by atoms with Crippen LogP contribution >= 0.6 is 24.0 Å². The van der Waals surface area contributed by atoms with Gasteiger partial charge in [0, 0.05) is 5.38 Å². The molecule has 0 aromatic rings. The molecule has 0 atom stereocenters. The monoisotopic (exact) mass is 148 g/mol. The minimum Gasteiger partial charge on any atom is 0.316 e. The molecule has 40 valence electrons. The first-order chi connectivity index (χ1) is 1.73. The van der Waals surface area contributed by atoms with Crippen molar-refractivity contribution in [1.29, 1.82) is 0 Å². The summed E-state index contributed by atoms with van der Waals surface area (Å²) in [5, 5.41) is 0.306. The Hall–Kier alpha value is 1.94. The van der Waals surface area contributed by atoms with E-state index < -0.39 is 0 Å². The van der Waals surface area contributed by atoms with Crippen LogP contribution in [-0.2, 0) is 0 Å². The van der Waals surface area contributed by atoms with Gasteiger partial charge in [-0.15, -0.1) is 24.0 Å². The standard InChI is InChI=1S/C3H7Cl.ClH.Li.Mg.3H/c1-3(2)4;;;;;;/h3H,1-2H3;1H;;;;;. The Kier molecular flexibility index (Phi) is 51.7. The van der Waals surface area contributed by atoms with Crippen molar-refractivity contribution in [2.45, 2.75) is 19.2 Å². The fraction of sp³-hybridized carbons (Fsp3) is 1.00. The van der Waals surface area contributed by atoms with Gasteiger partial charge in [0.2, 0.25) is 0 Å². The molecule has 0 spiro atoms. The Labute approximate surface area is 84.5 Å². The van der Waals surface area contributed by atoms with Crippen molar-refractivity contribution in [2.75, 3.05) is 0 Å². The van der Waals surface area contributed by atoms with Crippen molar-refractivity contribution in [3.05, 3.63) is 0 Å². The van der Waals surface area contributed by atoms with Crippen LogP contribution in [0.4, 0.5) is 0 Å². The smallest absolute Gasteiger partial charge is 0.316 e. The Morgan fingerprint density at radius 1 is 1.29 bits per heavy atom. The van der Waals surface area contributed by atoms with Gasteiger partial charge < -0.3 is 0 Å². The number of hydrogen-bond acceptors (Lipinski definition) is 0. The molecule has 0 nitrogen and oxygen atoms in total. The molecule has 0 unspecified atom stereocenters. The molecule has 4 heteroatoms. The molecule has 0 aromatic heterocycles. The van der Waals surface area contributed by atoms with E-state index in [-0.39, 0.29) is 54.3 Å². The van der Waals surface area contributed by atoms with Gasteiger partial charge >= 0.3 is 41.9 Å². The van der Waals surface area contributed by atoms with Crippen LogP contribution in [0, 0.1) is 0 Å². The number of rotatable bonds is 0. The molecule has 0 rings (SSSR count). The molecule has 0 heterocycles. The summed E-state index contributed by atoms with van der Waals surface area (Å²) >= 11 is 5.27. The molecular formula is C3H11Cl2LiMg. The van der Waals surface area contributed by atoms with Gasteiger partial charge in [0.25, 0.3) is 0 Å². The van der Waals surface area contributed by atoms with Crippen LogP contribution in [-0.4, -0.2) is 47.3 Å². The van der Waals surface area contributed by atoms with Crippen LogP contribution in [0.15, 0.2) is 0 Å². The summed E-state index contributed by atoms with van der Waals surface area (Å²) in [7, 11) is 0. The zero-order valence-electron chi connectivity index (χ0n) is 3.36. The third-order valence-corrected chi connectivity index (χ3v) is 0. The maximum atomic E-state index is 5.27. The fourth-order valence-corrected chi connectivity index (χ4v) is 0. The first kappa shape index (κ1) is 23.1. The zero-order valence-corrected chi connectivity index (χ0v) is 4.94. The molecule has 0 aliphatic carbocycles. The second-order valence-electron chi connectivity index (χ2n) is 1.01. The maximum Gasteiger partial charge on any atom is 0.316 e. The predicted octanol–water partition coefficient (Wildman–Crippen LogP) is 0.491. The normalized spacial score (nSPS) is 5.14. The molecule has 7 heavy (non-hydrogen) atoms. The summed E-state index contributed by atoms with van der Waals surface area (Å²) in [5.41, 5.74) is 0. The summed E-state index contributed by atoms with van der Waals surface area (Å²) in [6.45, 7) is 3.86. The van der Waals surface area contributed by atoms with Crippen molar-refractivity contribution in [3.8, 4) is 0 Å². The minimum absolute atomic E-state index is 0. The van der Waals surface area contributed by atoms with Gasteiger partial charge in [-0.1, -0.05) is 0 Å². The predicted molar refractivity (Wildman–Crippen MR) is 43.9 cm³/mol. The summed E-state index contributed by atoms with van der Waals surface area (Å²) in [6.07, 6.45) is 0. The van der Waals surface area contributed by atoms with Crippen molar-refractivity contribution >= 4 is 65.9 Å². The van der Waals surface area contributed by atoms with E-state index in [4.69, 9.17) is 11.6 Å². The number of alkyl halides is 1. The SMILES string of the molecule is CC(C)Cl.Cl.[LiH].[MgH2]. The second-order valence-corrected chi connectivity index (χ2v) is 1.89. The number of hydrogen-bond donors (Lipinski definition) is 0. The Morgan fingerprint density at radius 3 is 1.29 bits per heavy atom. The summed E-state index contributed by atoms with van der Waals surface area (Å²) < 4.78 is 0. The molecule has 0 fully saturated rings. The second kappa shape index (κ2) is 15.7. The van der Waals surface area contributed by atoms with E-state index in [1.54, 1.807) is 0 Å². The topological polar surface area (TPSA) is 0 Å². The van der Waals surface area contributed by atoms with Gasteiger partial charge in [0.15, 0.2) is 0 Å². The van der Waals surface area contributed by atoms with Crippen LogP contribution in [0.5, 0.6) is 0 Å². The van der Waals surface area contributed by atoms with E-state index in [0.29, 0.717) is 5.38 Å². The van der Waals surface area contributed by atoms with Crippen molar-refractivity contribution < 1.29 is 0 Å². The van der Waals surface area contributed by atoms with Crippen molar-refractivity contribution in [3.63, 3.8) is 0 Å². The maximum absolute atomic E-state index is 5.27. The van der Waals surface area contributed by atoms with Crippen LogP contribution in [0.2, 0.25) is 0 Å². The van der Waals surface area contributed by atoms with E-state index in [9.17, 15) is 0 Å². The fourth-order valence-electron chi connectivity index (χ4n) is 0. The first-order valence-electron chi connectivity index (χ1n) is 1.37. The first-order valence-corrected chi connectivity index (χ1v) is 1.81. The van der Waals surface area contributed by atoms with Gasteiger partial charge in [-0.05, 0) is 13.8 Å². The largest absolute Gasteiger partial charge is 0.316 e. The van der Waals surface area contributed by atoms with Gasteiger partial charge in [0.1, 0.15) is 0 Å². The summed E-state index contributed by atoms with van der Waals surface area (Å²) in [4.78, 5) is 0. The van der Waals surface area contributed by atoms with Crippen LogP contribution in [0.3, 0.4) is 0 Å². The third kappa shape index (κ3) is 74.3. The summed E-state index contributed by atoms with van der Waals surface area (Å²) in [5.74, 6) is 0. The average Bonchev–Trinajstić information content (AvgIpc) is 0.811. The van der Waals surface area contributed by atoms with Gasteiger partial charge in [0.05, 0.1) is 0 Å². The minimum atomic E-state index is 0. The van der Waals surface area contributed by atoms with E-state index in [1.165, 1.54) is 0 Å². The van der Waals surface area contributed by atoms with E-state index in [2.05, 4.69) is 0 Å². The molecule has 0 aliphatic heterocycles. The van der Waals surface area contributed by atoms with E-state index in [0.717, 1.165) is 0 Å². The Morgan fingerprint density at radius 2 is 1.29 bits per heavy atom. The molecule has 0 radical (unpaired) electrons. The molecule has 0 bridgehead atoms. The van der Waals surface area contributed by atoms with E-state index in [1.807, 2.05) is 13.8 Å². The molecule has 0 saturated heterocycles. The summed E-state index contributed by atoms with van der Waals surface area (Å²) in [6, 6.07) is 0. The number of halogens is 2. The van der Waals surface area contributed by atoms with Crippen molar-refractivity contribution in [1.82, 2.24) is 0 Å². The Bertz CT molecular complexity index is 17.7. The van der Waals surface area contributed by atoms with Gasteiger partial charge in [-0.2, -0.15) is 0 Å². The molecule has 0 amide bonds. The quantitative estimate of drug-likeness (QED) is 0.347. The van der Waals surface area contributed by atoms with Crippen molar-refractivity contribution in [2.24, 2.45) is 0 Å². The molecule has 0 aliphatic rings. The molecular weight excluding hydrogens is 138 g/mol. The van der Waals surface area contributed by atoms with Gasteiger partial charge in [-0.25, -0.2) is 0 Å². The third-order valence-electron chi connectivity index (χ3n) is 0.